The molecule has 0 unspecified atom stereocenters. The van der Waals surface area contributed by atoms with Gasteiger partial charge in [-0.2, -0.15) is 17.5 Å². The quantitative estimate of drug-likeness (QED) is 0.493. The predicted molar refractivity (Wildman–Crippen MR) is 121 cm³/mol. The molecular weight excluding hydrogens is 508 g/mol. The molecule has 0 radical (unpaired) electrons. The number of anilines is 1. The summed E-state index contributed by atoms with van der Waals surface area (Å²) in [7, 11) is -3.72. The topological polar surface area (TPSA) is 136 Å². The number of ether oxygens (including phenoxy) is 1. The van der Waals surface area contributed by atoms with E-state index in [4.69, 9.17) is 20.4 Å². The highest BCUT2D eigenvalue weighted by molar-refractivity contribution is 7.89. The van der Waals surface area contributed by atoms with Crippen molar-refractivity contribution in [3.05, 3.63) is 60.7 Å². The van der Waals surface area contributed by atoms with Crippen LogP contribution in [0.4, 0.5) is 23.5 Å². The molecule has 4 rings (SSSR count). The van der Waals surface area contributed by atoms with Crippen molar-refractivity contribution >= 4 is 21.9 Å². The second-order valence-corrected chi connectivity index (χ2v) is 9.25. The van der Waals surface area contributed by atoms with Crippen molar-refractivity contribution in [1.82, 2.24) is 14.3 Å². The molecule has 1 fully saturated rings. The lowest BCUT2D eigenvalue weighted by Crippen LogP contribution is -2.40. The van der Waals surface area contributed by atoms with E-state index < -0.39 is 28.0 Å². The number of carboxylic acids is 1. The minimum Gasteiger partial charge on any atom is -0.475 e. The summed E-state index contributed by atoms with van der Waals surface area (Å²) in [6.45, 7) is 1.30. The van der Waals surface area contributed by atoms with Gasteiger partial charge < -0.3 is 15.6 Å². The minimum absolute atomic E-state index is 0.105. The van der Waals surface area contributed by atoms with Crippen LogP contribution in [0.3, 0.4) is 0 Å². The molecule has 192 valence electrons. The van der Waals surface area contributed by atoms with Gasteiger partial charge in [0.1, 0.15) is 5.82 Å². The zero-order chi connectivity index (χ0) is 26.5. The van der Waals surface area contributed by atoms with E-state index in [-0.39, 0.29) is 10.8 Å². The van der Waals surface area contributed by atoms with Crippen LogP contribution in [0.2, 0.25) is 0 Å². The Labute approximate surface area is 203 Å². The molecule has 3 aromatic rings. The number of aromatic nitrogens is 2. The zero-order valence-corrected chi connectivity index (χ0v) is 19.3. The predicted octanol–water partition coefficient (Wildman–Crippen LogP) is 3.19. The number of rotatable bonds is 4. The second-order valence-electron chi connectivity index (χ2n) is 7.34. The van der Waals surface area contributed by atoms with Crippen molar-refractivity contribution in [2.24, 2.45) is 0 Å². The van der Waals surface area contributed by atoms with Crippen molar-refractivity contribution in [1.29, 1.82) is 0 Å². The number of morpholine rings is 1. The number of nitrogen functional groups attached to an aromatic ring is 1. The summed E-state index contributed by atoms with van der Waals surface area (Å²) in [4.78, 5) is 16.8. The third kappa shape index (κ3) is 6.33. The highest BCUT2D eigenvalue weighted by Gasteiger charge is 2.38. The molecule has 0 atom stereocenters. The maximum absolute atomic E-state index is 14.8. The third-order valence-electron chi connectivity index (χ3n) is 4.98. The number of carbonyl (C=O) groups is 1. The van der Waals surface area contributed by atoms with E-state index in [9.17, 15) is 26.0 Å². The Morgan fingerprint density at radius 3 is 2.14 bits per heavy atom. The lowest BCUT2D eigenvalue weighted by atomic mass is 10.0. The molecule has 14 heteroatoms. The highest BCUT2D eigenvalue weighted by Crippen LogP contribution is 2.32. The highest BCUT2D eigenvalue weighted by atomic mass is 32.2. The molecule has 1 aromatic heterocycles. The van der Waals surface area contributed by atoms with E-state index in [2.05, 4.69) is 9.97 Å². The number of carboxylic acid groups (broad SMARTS) is 1. The van der Waals surface area contributed by atoms with Crippen LogP contribution in [-0.4, -0.2) is 66.2 Å². The smallest absolute Gasteiger partial charge is 0.475 e. The molecule has 0 saturated carbocycles. The Kier molecular flexibility index (Phi) is 8.22. The first kappa shape index (κ1) is 27.0. The Bertz CT molecular complexity index is 1330. The van der Waals surface area contributed by atoms with E-state index in [1.807, 2.05) is 0 Å². The molecule has 1 aliphatic heterocycles. The number of halogens is 4. The molecule has 0 aliphatic carbocycles. The molecule has 0 amide bonds. The number of nitrogens with zero attached hydrogens (tertiary/aromatic N) is 3. The standard InChI is InChI=1S/C20H19FN4O3S.C2HF3O2/c21-18-11-14(5-6-16(18)15-12-23-20(22)24-13-15)17-3-1-2-4-19(17)29(26,27)25-7-9-28-10-8-25;3-2(4,5)1(6)7/h1-6,11-13H,7-10H2,(H2,22,23,24);(H,6,7). The SMILES string of the molecule is Nc1ncc(-c2ccc(-c3ccccc3S(=O)(=O)N3CCOCC3)cc2F)cn1.O=C(O)C(F)(F)F. The molecule has 1 aliphatic rings. The molecule has 2 heterocycles. The number of nitrogens with two attached hydrogens (primary N) is 1. The third-order valence-corrected chi connectivity index (χ3v) is 6.94. The van der Waals surface area contributed by atoms with Crippen LogP contribution in [0.25, 0.3) is 22.3 Å². The van der Waals surface area contributed by atoms with Gasteiger partial charge in [-0.1, -0.05) is 30.3 Å². The first-order valence-corrected chi connectivity index (χ1v) is 11.7. The van der Waals surface area contributed by atoms with Gasteiger partial charge >= 0.3 is 12.1 Å². The molecule has 1 saturated heterocycles. The number of benzene rings is 2. The first-order valence-electron chi connectivity index (χ1n) is 10.3. The molecular formula is C22H20F4N4O5S. The lowest BCUT2D eigenvalue weighted by molar-refractivity contribution is -0.192. The monoisotopic (exact) mass is 528 g/mol. The summed E-state index contributed by atoms with van der Waals surface area (Å²) >= 11 is 0. The van der Waals surface area contributed by atoms with Crippen molar-refractivity contribution in [3.8, 4) is 22.3 Å². The van der Waals surface area contributed by atoms with Gasteiger partial charge in [-0.05, 0) is 17.7 Å². The summed E-state index contributed by atoms with van der Waals surface area (Å²) in [5.74, 6) is -3.16. The van der Waals surface area contributed by atoms with Crippen LogP contribution < -0.4 is 5.73 Å². The van der Waals surface area contributed by atoms with Crippen LogP contribution >= 0.6 is 0 Å². The van der Waals surface area contributed by atoms with E-state index in [0.717, 1.165) is 0 Å². The van der Waals surface area contributed by atoms with Gasteiger partial charge in [0.15, 0.2) is 0 Å². The maximum atomic E-state index is 14.8. The van der Waals surface area contributed by atoms with Gasteiger partial charge in [-0.15, -0.1) is 0 Å². The van der Waals surface area contributed by atoms with Gasteiger partial charge in [0, 0.05) is 42.2 Å². The molecule has 2 aromatic carbocycles. The summed E-state index contributed by atoms with van der Waals surface area (Å²) in [6.07, 6.45) is -2.20. The Morgan fingerprint density at radius 1 is 1.00 bits per heavy atom. The van der Waals surface area contributed by atoms with Crippen LogP contribution in [0.15, 0.2) is 59.8 Å². The summed E-state index contributed by atoms with van der Waals surface area (Å²) in [5.41, 5.74) is 7.18. The van der Waals surface area contributed by atoms with Crippen LogP contribution in [0.1, 0.15) is 0 Å². The average Bonchev–Trinajstić information content (AvgIpc) is 2.85. The fraction of sp³-hybridized carbons (Fsp3) is 0.227. The molecule has 0 spiro atoms. The Hall–Kier alpha value is -3.62. The van der Waals surface area contributed by atoms with Crippen LogP contribution in [0, 0.1) is 5.82 Å². The number of alkyl halides is 3. The van der Waals surface area contributed by atoms with Crippen molar-refractivity contribution in [2.45, 2.75) is 11.1 Å². The number of hydrogen-bond acceptors (Lipinski definition) is 7. The summed E-state index contributed by atoms with van der Waals surface area (Å²) in [5, 5.41) is 7.12. The number of hydrogen-bond donors (Lipinski definition) is 2. The molecule has 3 N–H and O–H groups in total. The summed E-state index contributed by atoms with van der Waals surface area (Å²) in [6, 6.07) is 11.2. The van der Waals surface area contributed by atoms with Crippen LogP contribution in [0.5, 0.6) is 0 Å². The molecule has 9 nitrogen and oxygen atoms in total. The van der Waals surface area contributed by atoms with Gasteiger partial charge in [0.2, 0.25) is 16.0 Å². The van der Waals surface area contributed by atoms with Crippen molar-refractivity contribution in [3.63, 3.8) is 0 Å². The fourth-order valence-corrected chi connectivity index (χ4v) is 4.87. The van der Waals surface area contributed by atoms with Gasteiger partial charge in [-0.25, -0.2) is 27.6 Å². The summed E-state index contributed by atoms with van der Waals surface area (Å²) < 4.78 is 79.5. The number of aliphatic carboxylic acids is 1. The maximum Gasteiger partial charge on any atom is 0.490 e. The normalized spacial score (nSPS) is 14.6. The lowest BCUT2D eigenvalue weighted by Gasteiger charge is -2.27. The van der Waals surface area contributed by atoms with E-state index >= 15 is 0 Å². The molecule has 36 heavy (non-hydrogen) atoms. The Morgan fingerprint density at radius 2 is 1.58 bits per heavy atom. The van der Waals surface area contributed by atoms with Gasteiger partial charge in [-0.3, -0.25) is 0 Å². The molecule has 0 bridgehead atoms. The first-order chi connectivity index (χ1) is 16.9. The van der Waals surface area contributed by atoms with Crippen molar-refractivity contribution < 1.29 is 40.6 Å². The second kappa shape index (κ2) is 11.0. The largest absolute Gasteiger partial charge is 0.490 e. The van der Waals surface area contributed by atoms with Crippen molar-refractivity contribution in [2.75, 3.05) is 32.0 Å². The van der Waals surface area contributed by atoms with E-state index in [0.29, 0.717) is 48.6 Å². The van der Waals surface area contributed by atoms with Crippen LogP contribution in [-0.2, 0) is 19.6 Å². The minimum atomic E-state index is -5.08. The average molecular weight is 528 g/mol. The number of sulfonamides is 1. The van der Waals surface area contributed by atoms with E-state index in [1.54, 1.807) is 36.4 Å². The Balaban J connectivity index is 0.000000454. The van der Waals surface area contributed by atoms with Gasteiger partial charge in [0.25, 0.3) is 0 Å². The fourth-order valence-electron chi connectivity index (χ4n) is 3.25. The van der Waals surface area contributed by atoms with E-state index in [1.165, 1.54) is 22.8 Å². The van der Waals surface area contributed by atoms with Gasteiger partial charge in [0.05, 0.1) is 18.1 Å². The zero-order valence-electron chi connectivity index (χ0n) is 18.4.